The van der Waals surface area contributed by atoms with Gasteiger partial charge in [-0.15, -0.1) is 0 Å². The number of carbonyl (C=O) groups is 1. The zero-order chi connectivity index (χ0) is 15.4. The number of anilines is 1. The molecule has 3 rings (SSSR count). The lowest BCUT2D eigenvalue weighted by Crippen LogP contribution is -2.12. The Morgan fingerprint density at radius 2 is 1.68 bits per heavy atom. The number of aryl methyl sites for hydroxylation is 1. The number of hydrogen-bond donors (Lipinski definition) is 1. The first-order valence-corrected chi connectivity index (χ1v) is 6.82. The molecule has 1 N–H and O–H groups in total. The molecule has 1 aromatic carbocycles. The van der Waals surface area contributed by atoms with Gasteiger partial charge in [-0.1, -0.05) is 17.7 Å². The Morgan fingerprint density at radius 3 is 2.32 bits per heavy atom. The number of nitrogens with one attached hydrogen (secondary N) is 1. The molecule has 0 aliphatic carbocycles. The summed E-state index contributed by atoms with van der Waals surface area (Å²) in [5, 5.41) is 2.84. The lowest BCUT2D eigenvalue weighted by atomic mass is 10.2. The monoisotopic (exact) mass is 290 g/mol. The summed E-state index contributed by atoms with van der Waals surface area (Å²) in [7, 11) is 0. The molecule has 0 radical (unpaired) electrons. The first kappa shape index (κ1) is 13.9. The first-order chi connectivity index (χ1) is 10.7. The van der Waals surface area contributed by atoms with Crippen LogP contribution in [0.15, 0.2) is 61.3 Å². The Hall–Kier alpha value is -3.08. The summed E-state index contributed by atoms with van der Waals surface area (Å²) in [5.41, 5.74) is 3.95. The number of benzene rings is 1. The van der Waals surface area contributed by atoms with Crippen LogP contribution >= 0.6 is 0 Å². The van der Waals surface area contributed by atoms with Crippen molar-refractivity contribution in [3.05, 3.63) is 72.4 Å². The van der Waals surface area contributed by atoms with Gasteiger partial charge in [0.2, 0.25) is 0 Å². The van der Waals surface area contributed by atoms with Gasteiger partial charge in [-0.05, 0) is 31.2 Å². The van der Waals surface area contributed by atoms with Crippen LogP contribution in [-0.4, -0.2) is 20.9 Å². The second-order valence-corrected chi connectivity index (χ2v) is 4.88. The molecule has 2 aromatic heterocycles. The summed E-state index contributed by atoms with van der Waals surface area (Å²) in [6.07, 6.45) is 6.38. The molecule has 0 bridgehead atoms. The molecule has 0 saturated carbocycles. The highest BCUT2D eigenvalue weighted by Gasteiger charge is 2.07. The van der Waals surface area contributed by atoms with E-state index < -0.39 is 0 Å². The van der Waals surface area contributed by atoms with E-state index in [1.165, 1.54) is 6.33 Å². The molecule has 5 heteroatoms. The van der Waals surface area contributed by atoms with E-state index in [0.29, 0.717) is 5.56 Å². The van der Waals surface area contributed by atoms with Crippen LogP contribution < -0.4 is 5.32 Å². The van der Waals surface area contributed by atoms with Crippen LogP contribution in [0.3, 0.4) is 0 Å². The lowest BCUT2D eigenvalue weighted by Gasteiger charge is -2.06. The van der Waals surface area contributed by atoms with Crippen LogP contribution in [0.25, 0.3) is 11.3 Å². The predicted octanol–water partition coefficient (Wildman–Crippen LogP) is 3.10. The minimum Gasteiger partial charge on any atom is -0.322 e. The molecule has 0 unspecified atom stereocenters. The quantitative estimate of drug-likeness (QED) is 0.804. The molecule has 108 valence electrons. The minimum absolute atomic E-state index is 0.188. The molecular formula is C17H14N4O. The second-order valence-electron chi connectivity index (χ2n) is 4.88. The van der Waals surface area contributed by atoms with Gasteiger partial charge in [0.15, 0.2) is 0 Å². The summed E-state index contributed by atoms with van der Waals surface area (Å²) in [6.45, 7) is 2.00. The topological polar surface area (TPSA) is 67.8 Å². The fraction of sp³-hybridized carbons (Fsp3) is 0.0588. The maximum absolute atomic E-state index is 12.2. The maximum Gasteiger partial charge on any atom is 0.257 e. The van der Waals surface area contributed by atoms with Crippen molar-refractivity contribution in [2.24, 2.45) is 0 Å². The van der Waals surface area contributed by atoms with E-state index in [9.17, 15) is 4.79 Å². The second kappa shape index (κ2) is 6.13. The normalized spacial score (nSPS) is 10.2. The van der Waals surface area contributed by atoms with Gasteiger partial charge in [-0.2, -0.15) is 0 Å². The van der Waals surface area contributed by atoms with Gasteiger partial charge in [0.05, 0.1) is 11.3 Å². The predicted molar refractivity (Wildman–Crippen MR) is 84.4 cm³/mol. The zero-order valence-corrected chi connectivity index (χ0v) is 12.0. The lowest BCUT2D eigenvalue weighted by molar-refractivity contribution is 0.102. The minimum atomic E-state index is -0.188. The molecular weight excluding hydrogens is 276 g/mol. The van der Waals surface area contributed by atoms with Gasteiger partial charge in [-0.3, -0.25) is 9.78 Å². The molecule has 1 amide bonds. The van der Waals surface area contributed by atoms with Crippen LogP contribution in [0.1, 0.15) is 15.9 Å². The van der Waals surface area contributed by atoms with Gasteiger partial charge >= 0.3 is 0 Å². The Kier molecular flexibility index (Phi) is 3.87. The maximum atomic E-state index is 12.2. The van der Waals surface area contributed by atoms with E-state index in [2.05, 4.69) is 20.3 Å². The van der Waals surface area contributed by atoms with Gasteiger partial charge in [0.25, 0.3) is 5.91 Å². The van der Waals surface area contributed by atoms with Crippen LogP contribution in [0.5, 0.6) is 0 Å². The third-order valence-corrected chi connectivity index (χ3v) is 3.19. The molecule has 5 nitrogen and oxygen atoms in total. The van der Waals surface area contributed by atoms with Crippen molar-refractivity contribution in [3.8, 4) is 11.3 Å². The molecule has 22 heavy (non-hydrogen) atoms. The summed E-state index contributed by atoms with van der Waals surface area (Å²) in [5.74, 6) is -0.188. The number of rotatable bonds is 3. The number of hydrogen-bond acceptors (Lipinski definition) is 4. The van der Waals surface area contributed by atoms with Gasteiger partial charge < -0.3 is 5.32 Å². The standard InChI is InChI=1S/C17H14N4O/c1-12-2-5-15(6-3-12)21-17(22)13-4-7-16(20-10-13)14-8-18-11-19-9-14/h2-11H,1H3,(H,21,22). The highest BCUT2D eigenvalue weighted by molar-refractivity contribution is 6.04. The number of aromatic nitrogens is 3. The van der Waals surface area contributed by atoms with E-state index in [4.69, 9.17) is 0 Å². The molecule has 0 atom stereocenters. The van der Waals surface area contributed by atoms with E-state index in [1.807, 2.05) is 31.2 Å². The van der Waals surface area contributed by atoms with Crippen LogP contribution in [0, 0.1) is 6.92 Å². The smallest absolute Gasteiger partial charge is 0.257 e. The van der Waals surface area contributed by atoms with E-state index in [0.717, 1.165) is 22.5 Å². The first-order valence-electron chi connectivity index (χ1n) is 6.82. The Labute approximate surface area is 128 Å². The summed E-state index contributed by atoms with van der Waals surface area (Å²) < 4.78 is 0. The fourth-order valence-corrected chi connectivity index (χ4v) is 1.97. The summed E-state index contributed by atoms with van der Waals surface area (Å²) >= 11 is 0. The van der Waals surface area contributed by atoms with Crippen LogP contribution in [0.2, 0.25) is 0 Å². The SMILES string of the molecule is Cc1ccc(NC(=O)c2ccc(-c3cncnc3)nc2)cc1. The third kappa shape index (κ3) is 3.15. The molecule has 0 aliphatic heterocycles. The number of carbonyl (C=O) groups excluding carboxylic acids is 1. The Bertz CT molecular complexity index is 768. The fourth-order valence-electron chi connectivity index (χ4n) is 1.97. The number of nitrogens with zero attached hydrogens (tertiary/aromatic N) is 3. The summed E-state index contributed by atoms with van der Waals surface area (Å²) in [4.78, 5) is 24.4. The van der Waals surface area contributed by atoms with Crippen molar-refractivity contribution in [1.29, 1.82) is 0 Å². The molecule has 0 saturated heterocycles. The van der Waals surface area contributed by atoms with Crippen molar-refractivity contribution in [1.82, 2.24) is 15.0 Å². The molecule has 0 fully saturated rings. The van der Waals surface area contributed by atoms with Crippen LogP contribution in [-0.2, 0) is 0 Å². The largest absolute Gasteiger partial charge is 0.322 e. The molecule has 0 aliphatic rings. The van der Waals surface area contributed by atoms with Crippen molar-refractivity contribution in [3.63, 3.8) is 0 Å². The Balaban J connectivity index is 1.75. The molecule has 2 heterocycles. The van der Waals surface area contributed by atoms with Gasteiger partial charge in [0.1, 0.15) is 6.33 Å². The van der Waals surface area contributed by atoms with Crippen molar-refractivity contribution in [2.45, 2.75) is 6.92 Å². The van der Waals surface area contributed by atoms with E-state index in [-0.39, 0.29) is 5.91 Å². The molecule has 0 spiro atoms. The highest BCUT2D eigenvalue weighted by Crippen LogP contribution is 2.15. The average molecular weight is 290 g/mol. The van der Waals surface area contributed by atoms with Crippen LogP contribution in [0.4, 0.5) is 5.69 Å². The van der Waals surface area contributed by atoms with E-state index in [1.54, 1.807) is 30.7 Å². The van der Waals surface area contributed by atoms with E-state index >= 15 is 0 Å². The zero-order valence-electron chi connectivity index (χ0n) is 12.0. The number of amides is 1. The highest BCUT2D eigenvalue weighted by atomic mass is 16.1. The van der Waals surface area contributed by atoms with Crippen molar-refractivity contribution < 1.29 is 4.79 Å². The molecule has 3 aromatic rings. The summed E-state index contributed by atoms with van der Waals surface area (Å²) in [6, 6.07) is 11.2. The Morgan fingerprint density at radius 1 is 0.955 bits per heavy atom. The van der Waals surface area contributed by atoms with Gasteiger partial charge in [0, 0.05) is 29.8 Å². The van der Waals surface area contributed by atoms with Crippen molar-refractivity contribution in [2.75, 3.05) is 5.32 Å². The number of pyridine rings is 1. The van der Waals surface area contributed by atoms with Crippen molar-refractivity contribution >= 4 is 11.6 Å². The average Bonchev–Trinajstić information content (AvgIpc) is 2.58. The third-order valence-electron chi connectivity index (χ3n) is 3.19. The van der Waals surface area contributed by atoms with Gasteiger partial charge in [-0.25, -0.2) is 9.97 Å².